The summed E-state index contributed by atoms with van der Waals surface area (Å²) in [5.41, 5.74) is 0.231. The van der Waals surface area contributed by atoms with Gasteiger partial charge in [-0.1, -0.05) is 51.7 Å². The van der Waals surface area contributed by atoms with E-state index in [0.717, 1.165) is 38.5 Å². The van der Waals surface area contributed by atoms with Crippen LogP contribution in [0, 0.1) is 0 Å². The molecule has 1 aromatic rings. The minimum absolute atomic E-state index is 0.161. The predicted octanol–water partition coefficient (Wildman–Crippen LogP) is 4.74. The zero-order chi connectivity index (χ0) is 16.9. The van der Waals surface area contributed by atoms with Gasteiger partial charge in [0.25, 0.3) is 0 Å². The minimum Gasteiger partial charge on any atom is -0.462 e. The van der Waals surface area contributed by atoms with Gasteiger partial charge in [0.05, 0.1) is 13.2 Å². The Morgan fingerprint density at radius 2 is 1.48 bits per heavy atom. The summed E-state index contributed by atoms with van der Waals surface area (Å²) in [6.45, 7) is 4.83. The first kappa shape index (κ1) is 19.0. The molecule has 0 amide bonds. The fourth-order valence-electron chi connectivity index (χ4n) is 1.95. The van der Waals surface area contributed by atoms with Crippen molar-refractivity contribution in [2.75, 3.05) is 13.2 Å². The molecule has 0 aliphatic rings. The topological polar surface area (TPSA) is 61.8 Å². The summed E-state index contributed by atoms with van der Waals surface area (Å²) in [7, 11) is 0. The van der Waals surface area contributed by atoms with E-state index in [1.165, 1.54) is 0 Å². The second kappa shape index (κ2) is 11.5. The summed E-state index contributed by atoms with van der Waals surface area (Å²) >= 11 is 0. The highest BCUT2D eigenvalue weighted by atomic mass is 16.7. The van der Waals surface area contributed by atoms with Crippen molar-refractivity contribution in [2.45, 2.75) is 52.4 Å². The molecule has 128 valence electrons. The van der Waals surface area contributed by atoms with Gasteiger partial charge in [0.1, 0.15) is 11.3 Å². The first-order chi connectivity index (χ1) is 11.2. The Labute approximate surface area is 137 Å². The molecule has 5 heteroatoms. The van der Waals surface area contributed by atoms with E-state index in [1.54, 1.807) is 24.3 Å². The highest BCUT2D eigenvalue weighted by Crippen LogP contribution is 2.20. The smallest absolute Gasteiger partial charge is 0.462 e. The van der Waals surface area contributed by atoms with Gasteiger partial charge in [0.15, 0.2) is 0 Å². The van der Waals surface area contributed by atoms with Gasteiger partial charge in [0, 0.05) is 0 Å². The highest BCUT2D eigenvalue weighted by molar-refractivity contribution is 5.93. The number of carbonyl (C=O) groups excluding carboxylic acids is 2. The van der Waals surface area contributed by atoms with Crippen molar-refractivity contribution in [1.82, 2.24) is 0 Å². The van der Waals surface area contributed by atoms with Crippen LogP contribution in [0.15, 0.2) is 24.3 Å². The first-order valence-electron chi connectivity index (χ1n) is 8.29. The number of benzene rings is 1. The Morgan fingerprint density at radius 3 is 2.13 bits per heavy atom. The van der Waals surface area contributed by atoms with Crippen molar-refractivity contribution in [3.8, 4) is 5.75 Å². The van der Waals surface area contributed by atoms with Gasteiger partial charge in [-0.3, -0.25) is 0 Å². The molecular formula is C18H26O5. The summed E-state index contributed by atoms with van der Waals surface area (Å²) in [6.07, 6.45) is 4.93. The number of rotatable bonds is 10. The van der Waals surface area contributed by atoms with Gasteiger partial charge in [-0.2, -0.15) is 0 Å². The zero-order valence-electron chi connectivity index (χ0n) is 14.0. The molecule has 1 aromatic carbocycles. The van der Waals surface area contributed by atoms with E-state index in [-0.39, 0.29) is 11.3 Å². The van der Waals surface area contributed by atoms with Gasteiger partial charge in [-0.25, -0.2) is 9.59 Å². The monoisotopic (exact) mass is 322 g/mol. The van der Waals surface area contributed by atoms with E-state index in [4.69, 9.17) is 14.2 Å². The second-order valence-corrected chi connectivity index (χ2v) is 5.25. The van der Waals surface area contributed by atoms with E-state index >= 15 is 0 Å². The number of para-hydroxylation sites is 1. The van der Waals surface area contributed by atoms with Crippen LogP contribution in [0.4, 0.5) is 4.79 Å². The second-order valence-electron chi connectivity index (χ2n) is 5.25. The summed E-state index contributed by atoms with van der Waals surface area (Å²) in [4.78, 5) is 23.7. The van der Waals surface area contributed by atoms with Crippen molar-refractivity contribution >= 4 is 12.1 Å². The quantitative estimate of drug-likeness (QED) is 0.354. The minimum atomic E-state index is -0.799. The Hall–Kier alpha value is -2.04. The molecule has 23 heavy (non-hydrogen) atoms. The van der Waals surface area contributed by atoms with E-state index in [0.29, 0.717) is 13.2 Å². The lowest BCUT2D eigenvalue weighted by atomic mass is 10.2. The molecule has 5 nitrogen and oxygen atoms in total. The van der Waals surface area contributed by atoms with Crippen LogP contribution in [0.2, 0.25) is 0 Å². The average Bonchev–Trinajstić information content (AvgIpc) is 2.56. The van der Waals surface area contributed by atoms with Crippen LogP contribution < -0.4 is 4.74 Å². The molecule has 0 aliphatic heterocycles. The van der Waals surface area contributed by atoms with Crippen molar-refractivity contribution in [2.24, 2.45) is 0 Å². The number of esters is 1. The van der Waals surface area contributed by atoms with Crippen LogP contribution in [0.3, 0.4) is 0 Å². The van der Waals surface area contributed by atoms with Crippen LogP contribution in [0.1, 0.15) is 62.7 Å². The van der Waals surface area contributed by atoms with Crippen LogP contribution in [-0.4, -0.2) is 25.3 Å². The normalized spacial score (nSPS) is 10.2. The van der Waals surface area contributed by atoms with E-state index < -0.39 is 12.1 Å². The van der Waals surface area contributed by atoms with Crippen LogP contribution in [0.5, 0.6) is 5.75 Å². The third-order valence-corrected chi connectivity index (χ3v) is 3.25. The van der Waals surface area contributed by atoms with E-state index in [1.807, 2.05) is 0 Å². The van der Waals surface area contributed by atoms with Gasteiger partial charge in [-0.15, -0.1) is 0 Å². The number of hydrogen-bond acceptors (Lipinski definition) is 5. The molecule has 0 atom stereocenters. The number of carbonyl (C=O) groups is 2. The van der Waals surface area contributed by atoms with E-state index in [9.17, 15) is 9.59 Å². The third-order valence-electron chi connectivity index (χ3n) is 3.25. The average molecular weight is 322 g/mol. The summed E-state index contributed by atoms with van der Waals surface area (Å²) < 4.78 is 15.3. The molecule has 0 saturated carbocycles. The molecular weight excluding hydrogens is 296 g/mol. The fourth-order valence-corrected chi connectivity index (χ4v) is 1.95. The van der Waals surface area contributed by atoms with Crippen LogP contribution >= 0.6 is 0 Å². The molecule has 0 aliphatic carbocycles. The molecule has 1 rings (SSSR count). The standard InChI is InChI=1S/C18H26O5/c1-3-5-9-13-21-17(19)15-11-7-8-12-16(15)23-18(20)22-14-10-6-4-2/h7-8,11-12H,3-6,9-10,13-14H2,1-2H3. The summed E-state index contributed by atoms with van der Waals surface area (Å²) in [5, 5.41) is 0. The number of ether oxygens (including phenoxy) is 3. The SMILES string of the molecule is CCCCCOC(=O)Oc1ccccc1C(=O)OCCCCC. The molecule has 0 radical (unpaired) electrons. The van der Waals surface area contributed by atoms with Crippen LogP contribution in [0.25, 0.3) is 0 Å². The van der Waals surface area contributed by atoms with Gasteiger partial charge in [-0.05, 0) is 25.0 Å². The molecule has 0 aromatic heterocycles. The van der Waals surface area contributed by atoms with Crippen molar-refractivity contribution in [3.05, 3.63) is 29.8 Å². The van der Waals surface area contributed by atoms with Crippen molar-refractivity contribution < 1.29 is 23.8 Å². The molecule has 0 bridgehead atoms. The van der Waals surface area contributed by atoms with Gasteiger partial charge in [0.2, 0.25) is 0 Å². The van der Waals surface area contributed by atoms with Gasteiger partial charge >= 0.3 is 12.1 Å². The molecule has 0 unspecified atom stereocenters. The highest BCUT2D eigenvalue weighted by Gasteiger charge is 2.16. The lowest BCUT2D eigenvalue weighted by molar-refractivity contribution is 0.0492. The Kier molecular flexibility index (Phi) is 9.52. The van der Waals surface area contributed by atoms with Crippen molar-refractivity contribution in [3.63, 3.8) is 0 Å². The Balaban J connectivity index is 2.52. The first-order valence-corrected chi connectivity index (χ1v) is 8.29. The molecule has 0 heterocycles. The lowest BCUT2D eigenvalue weighted by Gasteiger charge is -2.10. The lowest BCUT2D eigenvalue weighted by Crippen LogP contribution is -2.15. The van der Waals surface area contributed by atoms with E-state index in [2.05, 4.69) is 13.8 Å². The number of hydrogen-bond donors (Lipinski definition) is 0. The maximum Gasteiger partial charge on any atom is 0.513 e. The maximum atomic E-state index is 12.1. The molecule has 0 N–H and O–H groups in total. The largest absolute Gasteiger partial charge is 0.513 e. The summed E-state index contributed by atoms with van der Waals surface area (Å²) in [5.74, 6) is -0.330. The van der Waals surface area contributed by atoms with Gasteiger partial charge < -0.3 is 14.2 Å². The predicted molar refractivity (Wildman–Crippen MR) is 87.8 cm³/mol. The fraction of sp³-hybridized carbons (Fsp3) is 0.556. The molecule has 0 fully saturated rings. The van der Waals surface area contributed by atoms with Crippen molar-refractivity contribution in [1.29, 1.82) is 0 Å². The molecule has 0 saturated heterocycles. The maximum absolute atomic E-state index is 12.1. The Bertz CT molecular complexity index is 484. The Morgan fingerprint density at radius 1 is 0.870 bits per heavy atom. The molecule has 0 spiro atoms. The number of unbranched alkanes of at least 4 members (excludes halogenated alkanes) is 4. The zero-order valence-corrected chi connectivity index (χ0v) is 14.0. The third kappa shape index (κ3) is 7.68. The van der Waals surface area contributed by atoms with Crippen LogP contribution in [-0.2, 0) is 9.47 Å². The summed E-state index contributed by atoms with van der Waals surface area (Å²) in [6, 6.07) is 6.51.